The molecule has 0 aromatic heterocycles. The van der Waals surface area contributed by atoms with E-state index in [2.05, 4.69) is 30.6 Å². The standard InChI is InChI=1S/C21H33N2O4P/c1-6-26-28(25,27-7-2)20(16-18(5)13-11-12-17(3)4)23-21(24)22-19-14-9-8-10-15-19/h8-10,12,14-16,20H,6-7,11,13H2,1-5H3,(H2,22,23,24). The number of urea groups is 1. The molecule has 1 atom stereocenters. The molecule has 1 aromatic carbocycles. The van der Waals surface area contributed by atoms with Crippen molar-refractivity contribution in [3.05, 3.63) is 53.6 Å². The summed E-state index contributed by atoms with van der Waals surface area (Å²) < 4.78 is 24.2. The highest BCUT2D eigenvalue weighted by Gasteiger charge is 2.35. The van der Waals surface area contributed by atoms with E-state index >= 15 is 0 Å². The van der Waals surface area contributed by atoms with Crippen LogP contribution >= 0.6 is 7.60 Å². The van der Waals surface area contributed by atoms with E-state index in [0.29, 0.717) is 5.69 Å². The molecule has 2 N–H and O–H groups in total. The van der Waals surface area contributed by atoms with Crippen LogP contribution in [0, 0.1) is 0 Å². The Bertz CT molecular complexity index is 702. The SMILES string of the molecule is CCOP(=O)(OCC)C(C=C(C)CCC=C(C)C)NC(=O)Nc1ccccc1. The molecular weight excluding hydrogens is 375 g/mol. The van der Waals surface area contributed by atoms with Crippen LogP contribution in [0.5, 0.6) is 0 Å². The molecule has 0 aliphatic rings. The number of anilines is 1. The van der Waals surface area contributed by atoms with E-state index in [1.807, 2.05) is 25.1 Å². The van der Waals surface area contributed by atoms with Gasteiger partial charge >= 0.3 is 13.6 Å². The predicted octanol–water partition coefficient (Wildman–Crippen LogP) is 6.09. The average Bonchev–Trinajstić information content (AvgIpc) is 2.62. The minimum absolute atomic E-state index is 0.223. The lowest BCUT2D eigenvalue weighted by molar-refractivity contribution is 0.210. The summed E-state index contributed by atoms with van der Waals surface area (Å²) in [6.45, 7) is 9.99. The smallest absolute Gasteiger partial charge is 0.320 e. The van der Waals surface area contributed by atoms with E-state index in [4.69, 9.17) is 9.05 Å². The normalized spacial score (nSPS) is 13.0. The number of hydrogen-bond donors (Lipinski definition) is 2. The molecule has 2 amide bonds. The molecule has 0 saturated heterocycles. The van der Waals surface area contributed by atoms with Crippen molar-refractivity contribution in [2.24, 2.45) is 0 Å². The van der Waals surface area contributed by atoms with Crippen LogP contribution in [0.1, 0.15) is 47.5 Å². The van der Waals surface area contributed by atoms with Crippen molar-refractivity contribution in [1.82, 2.24) is 5.32 Å². The molecule has 0 heterocycles. The topological polar surface area (TPSA) is 76.7 Å². The Morgan fingerprint density at radius 2 is 1.71 bits per heavy atom. The molecule has 1 aromatic rings. The maximum atomic E-state index is 13.3. The third kappa shape index (κ3) is 8.87. The Hall–Kier alpha value is -1.88. The van der Waals surface area contributed by atoms with Gasteiger partial charge in [-0.2, -0.15) is 0 Å². The van der Waals surface area contributed by atoms with Crippen molar-refractivity contribution in [1.29, 1.82) is 0 Å². The van der Waals surface area contributed by atoms with Gasteiger partial charge in [0.25, 0.3) is 0 Å². The Labute approximate surface area is 168 Å². The lowest BCUT2D eigenvalue weighted by Gasteiger charge is -2.25. The van der Waals surface area contributed by atoms with E-state index in [1.165, 1.54) is 5.57 Å². The first-order chi connectivity index (χ1) is 13.3. The van der Waals surface area contributed by atoms with E-state index in [0.717, 1.165) is 18.4 Å². The molecule has 28 heavy (non-hydrogen) atoms. The Morgan fingerprint density at radius 3 is 2.25 bits per heavy atom. The number of nitrogens with one attached hydrogen (secondary N) is 2. The van der Waals surface area contributed by atoms with Gasteiger partial charge in [0.1, 0.15) is 0 Å². The number of carbonyl (C=O) groups excluding carboxylic acids is 1. The van der Waals surface area contributed by atoms with Gasteiger partial charge in [-0.25, -0.2) is 4.79 Å². The molecule has 0 fully saturated rings. The number of para-hydroxylation sites is 1. The van der Waals surface area contributed by atoms with Gasteiger partial charge in [-0.05, 0) is 59.6 Å². The predicted molar refractivity (Wildman–Crippen MR) is 116 cm³/mol. The molecule has 0 spiro atoms. The maximum Gasteiger partial charge on any atom is 0.356 e. The summed E-state index contributed by atoms with van der Waals surface area (Å²) in [4.78, 5) is 12.5. The third-order valence-electron chi connectivity index (χ3n) is 3.80. The van der Waals surface area contributed by atoms with Crippen molar-refractivity contribution < 1.29 is 18.4 Å². The largest absolute Gasteiger partial charge is 0.356 e. The summed E-state index contributed by atoms with van der Waals surface area (Å²) >= 11 is 0. The van der Waals surface area contributed by atoms with Crippen LogP contribution in [0.3, 0.4) is 0 Å². The minimum Gasteiger partial charge on any atom is -0.320 e. The number of allylic oxidation sites excluding steroid dienone is 3. The highest BCUT2D eigenvalue weighted by molar-refractivity contribution is 7.54. The summed E-state index contributed by atoms with van der Waals surface area (Å²) in [5.74, 6) is -0.872. The van der Waals surface area contributed by atoms with Gasteiger partial charge in [-0.1, -0.05) is 41.5 Å². The van der Waals surface area contributed by atoms with Crippen molar-refractivity contribution in [3.63, 3.8) is 0 Å². The number of benzene rings is 1. The van der Waals surface area contributed by atoms with Gasteiger partial charge < -0.3 is 19.7 Å². The Kier molecular flexibility index (Phi) is 10.8. The fourth-order valence-corrected chi connectivity index (χ4v) is 4.36. The van der Waals surface area contributed by atoms with Crippen LogP contribution < -0.4 is 10.6 Å². The van der Waals surface area contributed by atoms with Crippen molar-refractivity contribution in [2.45, 2.75) is 53.2 Å². The van der Waals surface area contributed by atoms with Gasteiger partial charge in [0, 0.05) is 5.69 Å². The van der Waals surface area contributed by atoms with Gasteiger partial charge in [-0.3, -0.25) is 4.57 Å². The summed E-state index contributed by atoms with van der Waals surface area (Å²) in [5, 5.41) is 5.49. The van der Waals surface area contributed by atoms with Gasteiger partial charge in [-0.15, -0.1) is 0 Å². The molecular formula is C21H33N2O4P. The van der Waals surface area contributed by atoms with Crippen LogP contribution in [0.15, 0.2) is 53.6 Å². The van der Waals surface area contributed by atoms with E-state index < -0.39 is 19.4 Å². The number of hydrogen-bond acceptors (Lipinski definition) is 4. The molecule has 7 heteroatoms. The minimum atomic E-state index is -3.56. The molecule has 1 rings (SSSR count). The van der Waals surface area contributed by atoms with E-state index in [9.17, 15) is 9.36 Å². The van der Waals surface area contributed by atoms with Gasteiger partial charge in [0.15, 0.2) is 5.78 Å². The van der Waals surface area contributed by atoms with Crippen LogP contribution in [0.4, 0.5) is 10.5 Å². The highest BCUT2D eigenvalue weighted by atomic mass is 31.2. The van der Waals surface area contributed by atoms with Gasteiger partial charge in [0.05, 0.1) is 13.2 Å². The van der Waals surface area contributed by atoms with Gasteiger partial charge in [0.2, 0.25) is 0 Å². The molecule has 0 aliphatic heterocycles. The summed E-state index contributed by atoms with van der Waals surface area (Å²) in [6, 6.07) is 8.60. The molecule has 0 bridgehead atoms. The first-order valence-electron chi connectivity index (χ1n) is 9.62. The van der Waals surface area contributed by atoms with Crippen LogP contribution in [0.25, 0.3) is 0 Å². The second-order valence-electron chi connectivity index (χ2n) is 6.62. The fraction of sp³-hybridized carbons (Fsp3) is 0.476. The third-order valence-corrected chi connectivity index (χ3v) is 6.00. The van der Waals surface area contributed by atoms with Crippen LogP contribution in [0.2, 0.25) is 0 Å². The zero-order valence-electron chi connectivity index (χ0n) is 17.5. The zero-order valence-corrected chi connectivity index (χ0v) is 18.4. The van der Waals surface area contributed by atoms with Crippen molar-refractivity contribution in [3.8, 4) is 0 Å². The van der Waals surface area contributed by atoms with Crippen molar-refractivity contribution in [2.75, 3.05) is 18.5 Å². The average molecular weight is 408 g/mol. The first-order valence-corrected chi connectivity index (χ1v) is 11.2. The summed E-state index contributed by atoms with van der Waals surface area (Å²) in [5.41, 5.74) is 2.90. The van der Waals surface area contributed by atoms with Crippen molar-refractivity contribution >= 4 is 19.3 Å². The quantitative estimate of drug-likeness (QED) is 0.343. The molecule has 1 unspecified atom stereocenters. The van der Waals surface area contributed by atoms with E-state index in [1.54, 1.807) is 32.1 Å². The molecule has 0 saturated carbocycles. The van der Waals surface area contributed by atoms with Crippen LogP contribution in [-0.2, 0) is 13.6 Å². The number of carbonyl (C=O) groups is 1. The number of amides is 2. The molecule has 0 aliphatic carbocycles. The highest BCUT2D eigenvalue weighted by Crippen LogP contribution is 2.52. The maximum absolute atomic E-state index is 13.3. The fourth-order valence-electron chi connectivity index (χ4n) is 2.53. The molecule has 6 nitrogen and oxygen atoms in total. The summed E-state index contributed by atoms with van der Waals surface area (Å²) in [7, 11) is -3.56. The Morgan fingerprint density at radius 1 is 1.11 bits per heavy atom. The monoisotopic (exact) mass is 408 g/mol. The zero-order chi connectivity index (χ0) is 21.0. The van der Waals surface area contributed by atoms with Crippen LogP contribution in [-0.4, -0.2) is 25.0 Å². The Balaban J connectivity index is 3.00. The molecule has 0 radical (unpaired) electrons. The lowest BCUT2D eigenvalue weighted by atomic mass is 10.1. The second kappa shape index (κ2) is 12.6. The number of rotatable bonds is 11. The van der Waals surface area contributed by atoms with E-state index in [-0.39, 0.29) is 13.2 Å². The first kappa shape index (κ1) is 24.2. The summed E-state index contributed by atoms with van der Waals surface area (Å²) in [6.07, 6.45) is 5.59. The lowest BCUT2D eigenvalue weighted by Crippen LogP contribution is -2.37. The second-order valence-corrected chi connectivity index (χ2v) is 8.77. The molecule has 156 valence electrons.